The summed E-state index contributed by atoms with van der Waals surface area (Å²) >= 11 is 6.30. The molecule has 2 rings (SSSR count). The second-order valence-electron chi connectivity index (χ2n) is 4.39. The molecule has 1 aromatic heterocycles. The van der Waals surface area contributed by atoms with E-state index in [4.69, 9.17) is 18.0 Å². The number of nitrogens with zero attached hydrogens (tertiary/aromatic N) is 1. The number of nitrogens with two attached hydrogens (primary N) is 1. The molecule has 4 nitrogen and oxygen atoms in total. The van der Waals surface area contributed by atoms with Crippen molar-refractivity contribution in [3.05, 3.63) is 51.0 Å². The number of carbonyl (C=O) groups excluding carboxylic acids is 1. The van der Waals surface area contributed by atoms with E-state index in [1.54, 1.807) is 0 Å². The van der Waals surface area contributed by atoms with Gasteiger partial charge in [-0.25, -0.2) is 4.98 Å². The second-order valence-corrected chi connectivity index (χ2v) is 6.03. The van der Waals surface area contributed by atoms with Crippen molar-refractivity contribution in [2.45, 2.75) is 20.4 Å². The number of carbonyl (C=O) groups is 1. The van der Waals surface area contributed by atoms with E-state index in [-0.39, 0.29) is 5.91 Å². The molecule has 0 aliphatic heterocycles. The summed E-state index contributed by atoms with van der Waals surface area (Å²) in [5.41, 5.74) is 8.13. The Morgan fingerprint density at radius 1 is 1.35 bits per heavy atom. The molecule has 0 spiro atoms. The Hall–Kier alpha value is -1.79. The van der Waals surface area contributed by atoms with Gasteiger partial charge in [0.05, 0.1) is 10.7 Å². The van der Waals surface area contributed by atoms with Crippen molar-refractivity contribution in [1.29, 1.82) is 0 Å². The molecule has 1 amide bonds. The molecule has 1 aromatic carbocycles. The first-order valence-electron chi connectivity index (χ1n) is 6.08. The minimum Gasteiger partial charge on any atom is -0.389 e. The Morgan fingerprint density at radius 3 is 2.50 bits per heavy atom. The minimum absolute atomic E-state index is 0.0912. The van der Waals surface area contributed by atoms with Crippen molar-refractivity contribution in [3.8, 4) is 0 Å². The lowest BCUT2D eigenvalue weighted by molar-refractivity contribution is 0.0954. The van der Waals surface area contributed by atoms with Gasteiger partial charge in [-0.1, -0.05) is 36.5 Å². The van der Waals surface area contributed by atoms with Gasteiger partial charge >= 0.3 is 0 Å². The van der Waals surface area contributed by atoms with Crippen LogP contribution in [0.25, 0.3) is 0 Å². The van der Waals surface area contributed by atoms with Crippen LogP contribution in [0.2, 0.25) is 0 Å². The highest BCUT2D eigenvalue weighted by atomic mass is 32.1. The molecule has 0 saturated carbocycles. The van der Waals surface area contributed by atoms with E-state index in [2.05, 4.69) is 10.3 Å². The third kappa shape index (κ3) is 3.40. The van der Waals surface area contributed by atoms with Gasteiger partial charge < -0.3 is 11.1 Å². The molecule has 0 bridgehead atoms. The largest absolute Gasteiger partial charge is 0.389 e. The van der Waals surface area contributed by atoms with E-state index >= 15 is 0 Å². The fraction of sp³-hybridized carbons (Fsp3) is 0.214. The molecule has 0 saturated heterocycles. The summed E-state index contributed by atoms with van der Waals surface area (Å²) in [7, 11) is 0. The number of thiazole rings is 1. The fourth-order valence-electron chi connectivity index (χ4n) is 1.79. The van der Waals surface area contributed by atoms with E-state index in [1.165, 1.54) is 11.3 Å². The van der Waals surface area contributed by atoms with Crippen LogP contribution in [-0.4, -0.2) is 15.9 Å². The number of aromatic nitrogens is 1. The van der Waals surface area contributed by atoms with Crippen molar-refractivity contribution in [2.75, 3.05) is 0 Å². The van der Waals surface area contributed by atoms with Gasteiger partial charge in [0.25, 0.3) is 5.91 Å². The summed E-state index contributed by atoms with van der Waals surface area (Å²) in [5.74, 6) is -0.0912. The Morgan fingerprint density at radius 2 is 2.00 bits per heavy atom. The molecule has 104 valence electrons. The number of thiocarbonyl (C=S) groups is 1. The maximum Gasteiger partial charge on any atom is 0.263 e. The first-order valence-corrected chi connectivity index (χ1v) is 7.31. The zero-order valence-corrected chi connectivity index (χ0v) is 12.9. The standard InChI is InChI=1S/C14H15N3OS2/c1-8-12(20-9(2)17-8)14(18)16-7-10-3-5-11(6-4-10)13(15)19/h3-6H,7H2,1-2H3,(H2,15,19)(H,16,18). The topological polar surface area (TPSA) is 68.0 Å². The van der Waals surface area contributed by atoms with Crippen molar-refractivity contribution in [2.24, 2.45) is 5.73 Å². The van der Waals surface area contributed by atoms with Crippen LogP contribution in [0, 0.1) is 13.8 Å². The van der Waals surface area contributed by atoms with E-state index in [0.29, 0.717) is 16.4 Å². The molecule has 20 heavy (non-hydrogen) atoms. The average Bonchev–Trinajstić information content (AvgIpc) is 2.75. The Kier molecular flexibility index (Phi) is 4.46. The maximum atomic E-state index is 12.0. The lowest BCUT2D eigenvalue weighted by atomic mass is 10.1. The van der Waals surface area contributed by atoms with Crippen LogP contribution in [-0.2, 0) is 6.54 Å². The van der Waals surface area contributed by atoms with Crippen LogP contribution < -0.4 is 11.1 Å². The third-order valence-corrected chi connectivity index (χ3v) is 4.11. The van der Waals surface area contributed by atoms with Crippen LogP contribution in [0.5, 0.6) is 0 Å². The lowest BCUT2D eigenvalue weighted by Gasteiger charge is -2.05. The van der Waals surface area contributed by atoms with Gasteiger partial charge in [-0.3, -0.25) is 4.79 Å². The van der Waals surface area contributed by atoms with Gasteiger partial charge in [-0.05, 0) is 19.4 Å². The molecule has 0 aliphatic rings. The van der Waals surface area contributed by atoms with Crippen LogP contribution in [0.3, 0.4) is 0 Å². The summed E-state index contributed by atoms with van der Waals surface area (Å²) < 4.78 is 0. The highest BCUT2D eigenvalue weighted by Crippen LogP contribution is 2.17. The van der Waals surface area contributed by atoms with E-state index < -0.39 is 0 Å². The molecular weight excluding hydrogens is 290 g/mol. The first kappa shape index (κ1) is 14.6. The van der Waals surface area contributed by atoms with Gasteiger partial charge in [0.2, 0.25) is 0 Å². The summed E-state index contributed by atoms with van der Waals surface area (Å²) in [6, 6.07) is 7.51. The van der Waals surface area contributed by atoms with Crippen molar-refractivity contribution in [3.63, 3.8) is 0 Å². The SMILES string of the molecule is Cc1nc(C)c(C(=O)NCc2ccc(C(N)=S)cc2)s1. The van der Waals surface area contributed by atoms with Crippen molar-refractivity contribution >= 4 is 34.5 Å². The smallest absolute Gasteiger partial charge is 0.263 e. The molecular formula is C14H15N3OS2. The molecule has 1 heterocycles. The number of rotatable bonds is 4. The van der Waals surface area contributed by atoms with Gasteiger partial charge in [0, 0.05) is 12.1 Å². The van der Waals surface area contributed by atoms with Crippen LogP contribution >= 0.6 is 23.6 Å². The highest BCUT2D eigenvalue weighted by Gasteiger charge is 2.13. The van der Waals surface area contributed by atoms with Gasteiger partial charge in [0.1, 0.15) is 9.87 Å². The molecule has 0 aliphatic carbocycles. The van der Waals surface area contributed by atoms with Gasteiger partial charge in [-0.15, -0.1) is 11.3 Å². The van der Waals surface area contributed by atoms with Crippen molar-refractivity contribution < 1.29 is 4.79 Å². The van der Waals surface area contributed by atoms with Crippen LogP contribution in [0.1, 0.15) is 31.5 Å². The summed E-state index contributed by atoms with van der Waals surface area (Å²) in [6.07, 6.45) is 0. The number of aryl methyl sites for hydroxylation is 2. The lowest BCUT2D eigenvalue weighted by Crippen LogP contribution is -2.22. The van der Waals surface area contributed by atoms with Crippen LogP contribution in [0.4, 0.5) is 0 Å². The van der Waals surface area contributed by atoms with Crippen LogP contribution in [0.15, 0.2) is 24.3 Å². The van der Waals surface area contributed by atoms with E-state index in [1.807, 2.05) is 38.1 Å². The van der Waals surface area contributed by atoms with Crippen molar-refractivity contribution in [1.82, 2.24) is 10.3 Å². The summed E-state index contributed by atoms with van der Waals surface area (Å²) in [5, 5.41) is 3.78. The Bertz CT molecular complexity index is 647. The maximum absolute atomic E-state index is 12.0. The molecule has 0 unspecified atom stereocenters. The molecule has 0 radical (unpaired) electrons. The number of nitrogens with one attached hydrogen (secondary N) is 1. The monoisotopic (exact) mass is 305 g/mol. The highest BCUT2D eigenvalue weighted by molar-refractivity contribution is 7.80. The molecule has 2 aromatic rings. The molecule has 3 N–H and O–H groups in total. The molecule has 0 atom stereocenters. The van der Waals surface area contributed by atoms with Gasteiger partial charge in [-0.2, -0.15) is 0 Å². The zero-order valence-electron chi connectivity index (χ0n) is 11.3. The third-order valence-electron chi connectivity index (χ3n) is 2.80. The molecule has 6 heteroatoms. The van der Waals surface area contributed by atoms with Gasteiger partial charge in [0.15, 0.2) is 0 Å². The quantitative estimate of drug-likeness (QED) is 0.851. The van der Waals surface area contributed by atoms with E-state index in [9.17, 15) is 4.79 Å². The predicted molar refractivity (Wildman–Crippen MR) is 85.1 cm³/mol. The number of benzene rings is 1. The number of hydrogen-bond acceptors (Lipinski definition) is 4. The first-order chi connectivity index (χ1) is 9.47. The normalized spacial score (nSPS) is 10.3. The zero-order chi connectivity index (χ0) is 14.7. The average molecular weight is 305 g/mol. The summed E-state index contributed by atoms with van der Waals surface area (Å²) in [4.78, 5) is 17.3. The Balaban J connectivity index is 2.00. The number of amides is 1. The minimum atomic E-state index is -0.0912. The second kappa shape index (κ2) is 6.11. The predicted octanol–water partition coefficient (Wildman–Crippen LogP) is 2.32. The Labute approximate surface area is 127 Å². The van der Waals surface area contributed by atoms with E-state index in [0.717, 1.165) is 21.8 Å². The number of hydrogen-bond donors (Lipinski definition) is 2. The molecule has 0 fully saturated rings. The fourth-order valence-corrected chi connectivity index (χ4v) is 2.76. The summed E-state index contributed by atoms with van der Waals surface area (Å²) in [6.45, 7) is 4.20.